The van der Waals surface area contributed by atoms with Crippen molar-refractivity contribution in [3.05, 3.63) is 17.5 Å². The van der Waals surface area contributed by atoms with Gasteiger partial charge in [0.05, 0.1) is 12.3 Å². The van der Waals surface area contributed by atoms with Crippen LogP contribution in [0.15, 0.2) is 6.07 Å². The number of carbonyl (C=O) groups is 2. The van der Waals surface area contributed by atoms with E-state index in [0.29, 0.717) is 12.2 Å². The normalized spacial score (nSPS) is 12.2. The quantitative estimate of drug-likeness (QED) is 0.637. The van der Waals surface area contributed by atoms with E-state index in [1.54, 1.807) is 13.0 Å². The number of hydrogen-bond donors (Lipinski definition) is 3. The summed E-state index contributed by atoms with van der Waals surface area (Å²) in [5, 5.41) is 23.8. The molecule has 7 heteroatoms. The summed E-state index contributed by atoms with van der Waals surface area (Å²) in [4.78, 5) is 22.4. The summed E-state index contributed by atoms with van der Waals surface area (Å²) in [5.74, 6) is -1.84. The van der Waals surface area contributed by atoms with Crippen LogP contribution >= 0.6 is 0 Å². The lowest BCUT2D eigenvalue weighted by Gasteiger charge is -2.11. The predicted molar refractivity (Wildman–Crippen MR) is 58.6 cm³/mol. The second kappa shape index (κ2) is 5.44. The Labute approximate surface area is 98.1 Å². The van der Waals surface area contributed by atoms with Crippen molar-refractivity contribution in [2.24, 2.45) is 0 Å². The average molecular weight is 241 g/mol. The minimum absolute atomic E-state index is 0.282. The molecule has 94 valence electrons. The molecule has 7 nitrogen and oxygen atoms in total. The van der Waals surface area contributed by atoms with Crippen molar-refractivity contribution in [3.8, 4) is 0 Å². The monoisotopic (exact) mass is 241 g/mol. The van der Waals surface area contributed by atoms with E-state index >= 15 is 0 Å². The molecule has 1 atom stereocenters. The Hall–Kier alpha value is -1.89. The first-order chi connectivity index (χ1) is 7.99. The molecule has 0 saturated heterocycles. The number of hydrogen-bond acceptors (Lipinski definition) is 4. The lowest BCUT2D eigenvalue weighted by atomic mass is 10.3. The summed E-state index contributed by atoms with van der Waals surface area (Å²) < 4.78 is 1.47. The Morgan fingerprint density at radius 2 is 2.24 bits per heavy atom. The van der Waals surface area contributed by atoms with E-state index in [9.17, 15) is 9.59 Å². The second-order valence-corrected chi connectivity index (χ2v) is 3.53. The van der Waals surface area contributed by atoms with Gasteiger partial charge in [-0.25, -0.2) is 4.79 Å². The molecule has 1 rings (SSSR count). The Morgan fingerprint density at radius 1 is 1.59 bits per heavy atom. The fraction of sp³-hybridized carbons (Fsp3) is 0.500. The fourth-order valence-electron chi connectivity index (χ4n) is 1.39. The van der Waals surface area contributed by atoms with E-state index in [4.69, 9.17) is 10.2 Å². The van der Waals surface area contributed by atoms with Crippen LogP contribution in [0, 0.1) is 6.92 Å². The van der Waals surface area contributed by atoms with Crippen LogP contribution in [-0.4, -0.2) is 44.5 Å². The number of amides is 1. The van der Waals surface area contributed by atoms with Gasteiger partial charge in [-0.1, -0.05) is 0 Å². The van der Waals surface area contributed by atoms with Crippen molar-refractivity contribution in [3.63, 3.8) is 0 Å². The van der Waals surface area contributed by atoms with Crippen molar-refractivity contribution in [2.75, 3.05) is 6.61 Å². The van der Waals surface area contributed by atoms with Crippen LogP contribution in [0.3, 0.4) is 0 Å². The molecule has 1 heterocycles. The summed E-state index contributed by atoms with van der Waals surface area (Å²) in [6.45, 7) is 3.42. The Balaban J connectivity index is 2.85. The van der Waals surface area contributed by atoms with Gasteiger partial charge >= 0.3 is 5.97 Å². The van der Waals surface area contributed by atoms with Gasteiger partial charge < -0.3 is 15.5 Å². The number of aliphatic hydroxyl groups excluding tert-OH is 1. The topological polar surface area (TPSA) is 104 Å². The van der Waals surface area contributed by atoms with Crippen molar-refractivity contribution in [1.29, 1.82) is 0 Å². The summed E-state index contributed by atoms with van der Waals surface area (Å²) in [5.41, 5.74) is 0.956. The third kappa shape index (κ3) is 3.04. The molecular formula is C10H15N3O4. The van der Waals surface area contributed by atoms with E-state index in [1.165, 1.54) is 4.68 Å². The number of aryl methyl sites for hydroxylation is 2. The smallest absolute Gasteiger partial charge is 0.328 e. The standard InChI is InChI=1S/C10H15N3O4/c1-3-13-8(4-6(2)12-13)9(15)11-7(5-14)10(16)17/h4,7,14H,3,5H2,1-2H3,(H,11,15)(H,16,17). The predicted octanol–water partition coefficient (Wildman–Crippen LogP) is -0.613. The van der Waals surface area contributed by atoms with E-state index in [1.807, 2.05) is 6.92 Å². The van der Waals surface area contributed by atoms with Crippen molar-refractivity contribution in [1.82, 2.24) is 15.1 Å². The Morgan fingerprint density at radius 3 is 2.71 bits per heavy atom. The van der Waals surface area contributed by atoms with E-state index in [-0.39, 0.29) is 5.69 Å². The Bertz CT molecular complexity index is 427. The SMILES string of the molecule is CCn1nc(C)cc1C(=O)NC(CO)C(=O)O. The summed E-state index contributed by atoms with van der Waals surface area (Å²) in [7, 11) is 0. The molecule has 0 bridgehead atoms. The molecule has 0 aliphatic carbocycles. The van der Waals surface area contributed by atoms with Crippen molar-refractivity contribution >= 4 is 11.9 Å². The molecule has 1 aromatic heterocycles. The number of nitrogens with one attached hydrogen (secondary N) is 1. The first kappa shape index (κ1) is 13.2. The van der Waals surface area contributed by atoms with Crippen LogP contribution < -0.4 is 5.32 Å². The molecule has 17 heavy (non-hydrogen) atoms. The number of nitrogens with zero attached hydrogens (tertiary/aromatic N) is 2. The third-order valence-electron chi connectivity index (χ3n) is 2.22. The molecule has 1 amide bonds. The molecule has 3 N–H and O–H groups in total. The number of aliphatic hydroxyl groups is 1. The van der Waals surface area contributed by atoms with Gasteiger partial charge in [0, 0.05) is 6.54 Å². The van der Waals surface area contributed by atoms with Crippen molar-refractivity contribution in [2.45, 2.75) is 26.4 Å². The highest BCUT2D eigenvalue weighted by Gasteiger charge is 2.21. The highest BCUT2D eigenvalue weighted by molar-refractivity contribution is 5.95. The molecule has 1 aromatic rings. The zero-order valence-electron chi connectivity index (χ0n) is 9.67. The van der Waals surface area contributed by atoms with Gasteiger partial charge in [0.2, 0.25) is 0 Å². The highest BCUT2D eigenvalue weighted by Crippen LogP contribution is 2.04. The minimum atomic E-state index is -1.30. The van der Waals surface area contributed by atoms with Gasteiger partial charge in [0.1, 0.15) is 5.69 Å². The van der Waals surface area contributed by atoms with Gasteiger partial charge in [-0.05, 0) is 19.9 Å². The zero-order chi connectivity index (χ0) is 13.0. The third-order valence-corrected chi connectivity index (χ3v) is 2.22. The first-order valence-corrected chi connectivity index (χ1v) is 5.18. The van der Waals surface area contributed by atoms with Crippen molar-refractivity contribution < 1.29 is 19.8 Å². The first-order valence-electron chi connectivity index (χ1n) is 5.18. The molecule has 0 aliphatic heterocycles. The molecule has 0 spiro atoms. The molecule has 0 aliphatic rings. The van der Waals surface area contributed by atoms with E-state index in [2.05, 4.69) is 10.4 Å². The lowest BCUT2D eigenvalue weighted by Crippen LogP contribution is -2.43. The number of carboxylic acid groups (broad SMARTS) is 1. The number of rotatable bonds is 5. The number of carbonyl (C=O) groups excluding carboxylic acids is 1. The zero-order valence-corrected chi connectivity index (χ0v) is 9.67. The molecule has 0 saturated carbocycles. The largest absolute Gasteiger partial charge is 0.480 e. The van der Waals surface area contributed by atoms with E-state index in [0.717, 1.165) is 0 Å². The van der Waals surface area contributed by atoms with Gasteiger partial charge in [0.25, 0.3) is 5.91 Å². The lowest BCUT2D eigenvalue weighted by molar-refractivity contribution is -0.140. The second-order valence-electron chi connectivity index (χ2n) is 3.53. The maximum absolute atomic E-state index is 11.8. The molecule has 0 radical (unpaired) electrons. The van der Waals surface area contributed by atoms with Gasteiger partial charge in [-0.2, -0.15) is 5.10 Å². The molecule has 1 unspecified atom stereocenters. The fourth-order valence-corrected chi connectivity index (χ4v) is 1.39. The molecule has 0 aromatic carbocycles. The number of aliphatic carboxylic acids is 1. The van der Waals surface area contributed by atoms with Crippen LogP contribution in [0.5, 0.6) is 0 Å². The number of carboxylic acids is 1. The van der Waals surface area contributed by atoms with Gasteiger partial charge in [-0.15, -0.1) is 0 Å². The van der Waals surface area contributed by atoms with Gasteiger partial charge in [-0.3, -0.25) is 9.48 Å². The maximum atomic E-state index is 11.8. The van der Waals surface area contributed by atoms with Gasteiger partial charge in [0.15, 0.2) is 6.04 Å². The van der Waals surface area contributed by atoms with E-state index < -0.39 is 24.5 Å². The minimum Gasteiger partial charge on any atom is -0.480 e. The van der Waals surface area contributed by atoms with Crippen LogP contribution in [0.2, 0.25) is 0 Å². The van der Waals surface area contributed by atoms with Crippen LogP contribution in [0.25, 0.3) is 0 Å². The average Bonchev–Trinajstić information content (AvgIpc) is 2.66. The summed E-state index contributed by atoms with van der Waals surface area (Å²) >= 11 is 0. The Kier molecular flexibility index (Phi) is 4.22. The summed E-state index contributed by atoms with van der Waals surface area (Å²) in [6, 6.07) is 0.262. The van der Waals surface area contributed by atoms with Crippen LogP contribution in [0.1, 0.15) is 23.1 Å². The molecule has 0 fully saturated rings. The molecular weight excluding hydrogens is 226 g/mol. The number of aromatic nitrogens is 2. The summed E-state index contributed by atoms with van der Waals surface area (Å²) in [6.07, 6.45) is 0. The maximum Gasteiger partial charge on any atom is 0.328 e. The highest BCUT2D eigenvalue weighted by atomic mass is 16.4. The van der Waals surface area contributed by atoms with Crippen LogP contribution in [0.4, 0.5) is 0 Å². The van der Waals surface area contributed by atoms with Crippen LogP contribution in [-0.2, 0) is 11.3 Å².